The molecule has 1 N–H and O–H groups in total. The third-order valence-corrected chi connectivity index (χ3v) is 3.89. The monoisotopic (exact) mass is 297 g/mol. The number of rotatable bonds is 5. The van der Waals surface area contributed by atoms with Crippen molar-refractivity contribution in [2.75, 3.05) is 6.61 Å². The largest absolute Gasteiger partial charge is 0.494 e. The number of H-pyrrole nitrogens is 1. The second-order valence-corrected chi connectivity index (χ2v) is 5.54. The quantitative estimate of drug-likeness (QED) is 0.621. The molecule has 0 radical (unpaired) electrons. The van der Waals surface area contributed by atoms with Crippen LogP contribution in [0.1, 0.15) is 25.3 Å². The third-order valence-electron chi connectivity index (χ3n) is 3.89. The molecule has 0 bridgehead atoms. The molecule has 0 aliphatic carbocycles. The van der Waals surface area contributed by atoms with E-state index in [-0.39, 0.29) is 5.82 Å². The zero-order chi connectivity index (χ0) is 15.5. The van der Waals surface area contributed by atoms with Crippen LogP contribution in [0.4, 0.5) is 4.39 Å². The summed E-state index contributed by atoms with van der Waals surface area (Å²) in [5.41, 5.74) is 3.27. The van der Waals surface area contributed by atoms with Gasteiger partial charge in [-0.25, -0.2) is 4.39 Å². The van der Waals surface area contributed by atoms with Crippen LogP contribution in [-0.4, -0.2) is 11.6 Å². The van der Waals surface area contributed by atoms with Crippen LogP contribution in [0, 0.1) is 12.7 Å². The van der Waals surface area contributed by atoms with Gasteiger partial charge in [0.1, 0.15) is 5.75 Å². The predicted molar refractivity (Wildman–Crippen MR) is 88.8 cm³/mol. The summed E-state index contributed by atoms with van der Waals surface area (Å²) in [5.74, 6) is 0.500. The molecule has 0 saturated carbocycles. The average Bonchev–Trinajstić information content (AvgIpc) is 2.85. The Balaban J connectivity index is 2.00. The standard InChI is InChI=1S/C19H20FNO/c1-3-4-11-22-14-9-10-17-16(12-14)18(20)19(21-17)15-8-6-5-7-13(15)2/h5-10,12,21H,3-4,11H2,1-2H3. The molecule has 22 heavy (non-hydrogen) atoms. The third kappa shape index (κ3) is 2.71. The van der Waals surface area contributed by atoms with Crippen molar-refractivity contribution in [1.29, 1.82) is 0 Å². The van der Waals surface area contributed by atoms with Crippen molar-refractivity contribution in [2.45, 2.75) is 26.7 Å². The number of hydrogen-bond donors (Lipinski definition) is 1. The van der Waals surface area contributed by atoms with Gasteiger partial charge in [-0.2, -0.15) is 0 Å². The van der Waals surface area contributed by atoms with Crippen molar-refractivity contribution in [3.8, 4) is 17.0 Å². The molecule has 0 spiro atoms. The van der Waals surface area contributed by atoms with Crippen molar-refractivity contribution < 1.29 is 9.13 Å². The van der Waals surface area contributed by atoms with E-state index >= 15 is 0 Å². The first-order valence-electron chi connectivity index (χ1n) is 7.70. The van der Waals surface area contributed by atoms with Crippen LogP contribution in [-0.2, 0) is 0 Å². The van der Waals surface area contributed by atoms with Gasteiger partial charge in [0.2, 0.25) is 0 Å². The van der Waals surface area contributed by atoms with E-state index < -0.39 is 0 Å². The molecule has 3 rings (SSSR count). The number of aromatic amines is 1. The minimum Gasteiger partial charge on any atom is -0.494 e. The van der Waals surface area contributed by atoms with Crippen molar-refractivity contribution in [1.82, 2.24) is 4.98 Å². The molecule has 3 aromatic rings. The van der Waals surface area contributed by atoms with E-state index in [4.69, 9.17) is 4.74 Å². The van der Waals surface area contributed by atoms with Gasteiger partial charge in [0, 0.05) is 16.5 Å². The number of benzene rings is 2. The highest BCUT2D eigenvalue weighted by Crippen LogP contribution is 2.32. The van der Waals surface area contributed by atoms with Crippen LogP contribution in [0.2, 0.25) is 0 Å². The van der Waals surface area contributed by atoms with Crippen molar-refractivity contribution in [3.05, 3.63) is 53.8 Å². The average molecular weight is 297 g/mol. The molecule has 0 atom stereocenters. The Morgan fingerprint density at radius 2 is 1.95 bits per heavy atom. The van der Waals surface area contributed by atoms with Gasteiger partial charge in [0.15, 0.2) is 5.82 Å². The predicted octanol–water partition coefficient (Wildman–Crippen LogP) is 5.46. The van der Waals surface area contributed by atoms with E-state index in [1.807, 2.05) is 43.3 Å². The number of halogens is 1. The minimum absolute atomic E-state index is 0.217. The first-order chi connectivity index (χ1) is 10.7. The number of hydrogen-bond acceptors (Lipinski definition) is 1. The first-order valence-corrected chi connectivity index (χ1v) is 7.70. The number of aromatic nitrogens is 1. The van der Waals surface area contributed by atoms with E-state index in [2.05, 4.69) is 11.9 Å². The van der Waals surface area contributed by atoms with Gasteiger partial charge in [0.05, 0.1) is 12.3 Å². The summed E-state index contributed by atoms with van der Waals surface area (Å²) in [5, 5.41) is 0.576. The molecule has 1 aromatic heterocycles. The zero-order valence-corrected chi connectivity index (χ0v) is 12.9. The fraction of sp³-hybridized carbons (Fsp3) is 0.263. The van der Waals surface area contributed by atoms with E-state index in [9.17, 15) is 4.39 Å². The van der Waals surface area contributed by atoms with Crippen LogP contribution < -0.4 is 4.74 Å². The smallest absolute Gasteiger partial charge is 0.156 e. The molecule has 2 aromatic carbocycles. The first kappa shape index (κ1) is 14.6. The Labute approximate surface area is 129 Å². The molecule has 2 nitrogen and oxygen atoms in total. The highest BCUT2D eigenvalue weighted by Gasteiger charge is 2.15. The molecule has 0 aliphatic heterocycles. The summed E-state index contributed by atoms with van der Waals surface area (Å²) in [6.07, 6.45) is 2.08. The molecule has 0 fully saturated rings. The highest BCUT2D eigenvalue weighted by molar-refractivity contribution is 5.88. The van der Waals surface area contributed by atoms with E-state index in [0.717, 1.165) is 35.2 Å². The normalized spacial score (nSPS) is 11.0. The summed E-state index contributed by atoms with van der Waals surface area (Å²) in [7, 11) is 0. The lowest BCUT2D eigenvalue weighted by molar-refractivity contribution is 0.310. The van der Waals surface area contributed by atoms with Crippen LogP contribution >= 0.6 is 0 Å². The Morgan fingerprint density at radius 3 is 2.73 bits per heavy atom. The van der Waals surface area contributed by atoms with Gasteiger partial charge in [-0.3, -0.25) is 0 Å². The maximum absolute atomic E-state index is 14.8. The Bertz CT molecular complexity index is 791. The lowest BCUT2D eigenvalue weighted by Gasteiger charge is -2.04. The van der Waals surface area contributed by atoms with Crippen molar-refractivity contribution in [2.24, 2.45) is 0 Å². The number of aryl methyl sites for hydroxylation is 1. The van der Waals surface area contributed by atoms with E-state index in [1.165, 1.54) is 0 Å². The SMILES string of the molecule is CCCCOc1ccc2[nH]c(-c3ccccc3C)c(F)c2c1. The molecule has 0 amide bonds. The van der Waals surface area contributed by atoms with E-state index in [0.29, 0.717) is 17.7 Å². The summed E-state index contributed by atoms with van der Waals surface area (Å²) in [4.78, 5) is 3.18. The lowest BCUT2D eigenvalue weighted by Crippen LogP contribution is -1.95. The molecule has 114 valence electrons. The van der Waals surface area contributed by atoms with Crippen LogP contribution in [0.5, 0.6) is 5.75 Å². The van der Waals surface area contributed by atoms with Crippen LogP contribution in [0.3, 0.4) is 0 Å². The summed E-state index contributed by atoms with van der Waals surface area (Å²) < 4.78 is 20.4. The van der Waals surface area contributed by atoms with E-state index in [1.54, 1.807) is 6.07 Å². The molecule has 0 saturated heterocycles. The van der Waals surface area contributed by atoms with Crippen LogP contribution in [0.15, 0.2) is 42.5 Å². The Morgan fingerprint density at radius 1 is 1.14 bits per heavy atom. The Hall–Kier alpha value is -2.29. The summed E-state index contributed by atoms with van der Waals surface area (Å²) in [6, 6.07) is 13.3. The topological polar surface area (TPSA) is 25.0 Å². The van der Waals surface area contributed by atoms with Gasteiger partial charge in [0.25, 0.3) is 0 Å². The molecule has 3 heteroatoms. The minimum atomic E-state index is -0.217. The summed E-state index contributed by atoms with van der Waals surface area (Å²) in [6.45, 7) is 4.77. The number of ether oxygens (including phenoxy) is 1. The fourth-order valence-corrected chi connectivity index (χ4v) is 2.60. The van der Waals surface area contributed by atoms with Crippen molar-refractivity contribution >= 4 is 10.9 Å². The van der Waals surface area contributed by atoms with Gasteiger partial charge in [-0.15, -0.1) is 0 Å². The number of fused-ring (bicyclic) bond motifs is 1. The number of nitrogens with one attached hydrogen (secondary N) is 1. The maximum Gasteiger partial charge on any atom is 0.156 e. The number of unbranched alkanes of at least 4 members (excludes halogenated alkanes) is 1. The van der Waals surface area contributed by atoms with Gasteiger partial charge < -0.3 is 9.72 Å². The second-order valence-electron chi connectivity index (χ2n) is 5.54. The zero-order valence-electron chi connectivity index (χ0n) is 12.9. The molecular formula is C19H20FNO. The molecule has 0 unspecified atom stereocenters. The summed E-state index contributed by atoms with van der Waals surface area (Å²) >= 11 is 0. The van der Waals surface area contributed by atoms with Gasteiger partial charge >= 0.3 is 0 Å². The molecule has 1 heterocycles. The van der Waals surface area contributed by atoms with Gasteiger partial charge in [-0.05, 0) is 37.1 Å². The lowest BCUT2D eigenvalue weighted by atomic mass is 10.1. The Kier molecular flexibility index (Phi) is 4.14. The maximum atomic E-state index is 14.8. The van der Waals surface area contributed by atoms with Crippen molar-refractivity contribution in [3.63, 3.8) is 0 Å². The van der Waals surface area contributed by atoms with Crippen LogP contribution in [0.25, 0.3) is 22.2 Å². The highest BCUT2D eigenvalue weighted by atomic mass is 19.1. The molecule has 0 aliphatic rings. The van der Waals surface area contributed by atoms with Gasteiger partial charge in [-0.1, -0.05) is 37.6 Å². The second kappa shape index (κ2) is 6.22. The fourth-order valence-electron chi connectivity index (χ4n) is 2.60. The molecular weight excluding hydrogens is 277 g/mol.